The monoisotopic (exact) mass is 267 g/mol. The van der Waals surface area contributed by atoms with E-state index in [2.05, 4.69) is 5.32 Å². The van der Waals surface area contributed by atoms with E-state index in [-0.39, 0.29) is 11.8 Å². The van der Waals surface area contributed by atoms with Crippen LogP contribution in [0.2, 0.25) is 5.02 Å². The summed E-state index contributed by atoms with van der Waals surface area (Å²) in [6.45, 7) is 2.66. The smallest absolute Gasteiger partial charge is 0.254 e. The van der Waals surface area contributed by atoms with Gasteiger partial charge in [0.05, 0.1) is 10.7 Å². The van der Waals surface area contributed by atoms with Crippen LogP contribution in [-0.2, 0) is 4.79 Å². The molecular formula is C12H14ClN3O2. The summed E-state index contributed by atoms with van der Waals surface area (Å²) < 4.78 is 0. The highest BCUT2D eigenvalue weighted by molar-refractivity contribution is 6.33. The third-order valence-corrected chi connectivity index (χ3v) is 3.33. The molecule has 1 saturated heterocycles. The van der Waals surface area contributed by atoms with Crippen molar-refractivity contribution in [2.45, 2.75) is 13.0 Å². The Balaban J connectivity index is 2.25. The molecule has 1 aromatic rings. The van der Waals surface area contributed by atoms with Crippen molar-refractivity contribution in [1.29, 1.82) is 0 Å². The van der Waals surface area contributed by atoms with Crippen LogP contribution in [0.1, 0.15) is 17.3 Å². The zero-order valence-electron chi connectivity index (χ0n) is 9.94. The number of halogens is 1. The van der Waals surface area contributed by atoms with Crippen LogP contribution in [0.3, 0.4) is 0 Å². The van der Waals surface area contributed by atoms with Gasteiger partial charge in [-0.3, -0.25) is 9.59 Å². The van der Waals surface area contributed by atoms with Crippen molar-refractivity contribution in [1.82, 2.24) is 10.2 Å². The van der Waals surface area contributed by atoms with E-state index in [9.17, 15) is 9.59 Å². The summed E-state index contributed by atoms with van der Waals surface area (Å²) in [5.74, 6) is -0.351. The lowest BCUT2D eigenvalue weighted by Crippen LogP contribution is -2.55. The van der Waals surface area contributed by atoms with Gasteiger partial charge < -0.3 is 16.0 Å². The minimum atomic E-state index is -0.470. The van der Waals surface area contributed by atoms with E-state index in [1.807, 2.05) is 0 Å². The van der Waals surface area contributed by atoms with Crippen LogP contribution >= 0.6 is 11.6 Å². The molecule has 0 aliphatic carbocycles. The van der Waals surface area contributed by atoms with E-state index in [0.29, 0.717) is 29.4 Å². The molecule has 2 amide bonds. The molecule has 5 nitrogen and oxygen atoms in total. The zero-order valence-corrected chi connectivity index (χ0v) is 10.7. The predicted molar refractivity (Wildman–Crippen MR) is 69.4 cm³/mol. The molecular weight excluding hydrogens is 254 g/mol. The summed E-state index contributed by atoms with van der Waals surface area (Å²) in [5, 5.41) is 3.05. The number of nitrogens with two attached hydrogens (primary N) is 1. The number of carbonyl (C=O) groups excluding carboxylic acids is 2. The predicted octanol–water partition coefficient (Wildman–Crippen LogP) is 0.883. The first-order chi connectivity index (χ1) is 8.50. The fourth-order valence-electron chi connectivity index (χ4n) is 1.89. The molecule has 0 radical (unpaired) electrons. The number of nitrogens with zero attached hydrogens (tertiary/aromatic N) is 1. The van der Waals surface area contributed by atoms with Crippen LogP contribution in [0.15, 0.2) is 18.2 Å². The highest BCUT2D eigenvalue weighted by Gasteiger charge is 2.29. The SMILES string of the molecule is CC1C(=O)NCCN1C(=O)c1ccc(N)c(Cl)c1. The summed E-state index contributed by atoms with van der Waals surface area (Å²) >= 11 is 5.89. The first-order valence-corrected chi connectivity index (χ1v) is 6.02. The lowest BCUT2D eigenvalue weighted by Gasteiger charge is -2.32. The number of amides is 2. The number of rotatable bonds is 1. The summed E-state index contributed by atoms with van der Waals surface area (Å²) in [5.41, 5.74) is 6.46. The number of hydrogen-bond donors (Lipinski definition) is 2. The number of benzene rings is 1. The molecule has 1 aliphatic rings. The fraction of sp³-hybridized carbons (Fsp3) is 0.333. The molecule has 1 aromatic carbocycles. The van der Waals surface area contributed by atoms with Gasteiger partial charge in [0.25, 0.3) is 5.91 Å². The molecule has 96 valence electrons. The second-order valence-electron chi connectivity index (χ2n) is 4.20. The normalized spacial score (nSPS) is 19.6. The number of nitrogens with one attached hydrogen (secondary N) is 1. The van der Waals surface area contributed by atoms with Crippen molar-refractivity contribution in [2.75, 3.05) is 18.8 Å². The zero-order chi connectivity index (χ0) is 13.3. The molecule has 2 rings (SSSR count). The van der Waals surface area contributed by atoms with Crippen molar-refractivity contribution in [3.63, 3.8) is 0 Å². The number of hydrogen-bond acceptors (Lipinski definition) is 3. The second kappa shape index (κ2) is 4.86. The Kier molecular flexibility index (Phi) is 3.43. The maximum Gasteiger partial charge on any atom is 0.254 e. The molecule has 3 N–H and O–H groups in total. The Bertz CT molecular complexity index is 504. The summed E-state index contributed by atoms with van der Waals surface area (Å²) in [6, 6.07) is 4.26. The highest BCUT2D eigenvalue weighted by atomic mass is 35.5. The fourth-order valence-corrected chi connectivity index (χ4v) is 2.07. The van der Waals surface area contributed by atoms with E-state index in [0.717, 1.165) is 0 Å². The molecule has 0 aromatic heterocycles. The van der Waals surface area contributed by atoms with E-state index in [1.165, 1.54) is 11.0 Å². The summed E-state index contributed by atoms with van der Waals surface area (Å²) in [7, 11) is 0. The maximum atomic E-state index is 12.3. The van der Waals surface area contributed by atoms with Crippen LogP contribution in [0.5, 0.6) is 0 Å². The van der Waals surface area contributed by atoms with Gasteiger partial charge in [0, 0.05) is 18.7 Å². The van der Waals surface area contributed by atoms with E-state index >= 15 is 0 Å². The molecule has 1 aliphatic heterocycles. The van der Waals surface area contributed by atoms with Gasteiger partial charge in [-0.2, -0.15) is 0 Å². The quantitative estimate of drug-likeness (QED) is 0.742. The van der Waals surface area contributed by atoms with Crippen LogP contribution in [0, 0.1) is 0 Å². The number of carbonyl (C=O) groups is 2. The molecule has 1 heterocycles. The lowest BCUT2D eigenvalue weighted by atomic mass is 10.1. The Hall–Kier alpha value is -1.75. The Morgan fingerprint density at radius 3 is 2.94 bits per heavy atom. The minimum Gasteiger partial charge on any atom is -0.398 e. The van der Waals surface area contributed by atoms with Crippen molar-refractivity contribution in [2.24, 2.45) is 0 Å². The summed E-state index contributed by atoms with van der Waals surface area (Å²) in [4.78, 5) is 25.3. The molecule has 0 spiro atoms. The Labute approximate surface area is 110 Å². The molecule has 1 atom stereocenters. The Morgan fingerprint density at radius 1 is 1.56 bits per heavy atom. The molecule has 1 fully saturated rings. The van der Waals surface area contributed by atoms with Crippen LogP contribution in [0.4, 0.5) is 5.69 Å². The molecule has 6 heteroatoms. The van der Waals surface area contributed by atoms with Crippen LogP contribution in [-0.4, -0.2) is 35.8 Å². The van der Waals surface area contributed by atoms with Crippen molar-refractivity contribution in [3.8, 4) is 0 Å². The van der Waals surface area contributed by atoms with Gasteiger partial charge in [-0.25, -0.2) is 0 Å². The standard InChI is InChI=1S/C12H14ClN3O2/c1-7-11(17)15-4-5-16(7)12(18)8-2-3-10(14)9(13)6-8/h2-3,6-7H,4-5,14H2,1H3,(H,15,17). The van der Waals surface area contributed by atoms with Crippen molar-refractivity contribution >= 4 is 29.1 Å². The average Bonchev–Trinajstić information content (AvgIpc) is 2.35. The number of piperazine rings is 1. The van der Waals surface area contributed by atoms with E-state index in [4.69, 9.17) is 17.3 Å². The van der Waals surface area contributed by atoms with Gasteiger partial charge in [0.1, 0.15) is 6.04 Å². The summed E-state index contributed by atoms with van der Waals surface area (Å²) in [6.07, 6.45) is 0. The van der Waals surface area contributed by atoms with Gasteiger partial charge >= 0.3 is 0 Å². The highest BCUT2D eigenvalue weighted by Crippen LogP contribution is 2.21. The minimum absolute atomic E-state index is 0.142. The van der Waals surface area contributed by atoms with E-state index < -0.39 is 6.04 Å². The number of nitrogen functional groups attached to an aromatic ring is 1. The molecule has 1 unspecified atom stereocenters. The molecule has 18 heavy (non-hydrogen) atoms. The first-order valence-electron chi connectivity index (χ1n) is 5.64. The van der Waals surface area contributed by atoms with Crippen molar-refractivity contribution < 1.29 is 9.59 Å². The van der Waals surface area contributed by atoms with Crippen molar-refractivity contribution in [3.05, 3.63) is 28.8 Å². The van der Waals surface area contributed by atoms with Gasteiger partial charge in [-0.05, 0) is 25.1 Å². The van der Waals surface area contributed by atoms with Gasteiger partial charge in [-0.15, -0.1) is 0 Å². The molecule has 0 bridgehead atoms. The van der Waals surface area contributed by atoms with E-state index in [1.54, 1.807) is 19.1 Å². The largest absolute Gasteiger partial charge is 0.398 e. The average molecular weight is 268 g/mol. The van der Waals surface area contributed by atoms with Gasteiger partial charge in [0.15, 0.2) is 0 Å². The first kappa shape index (κ1) is 12.7. The topological polar surface area (TPSA) is 75.4 Å². The molecule has 0 saturated carbocycles. The third-order valence-electron chi connectivity index (χ3n) is 3.01. The lowest BCUT2D eigenvalue weighted by molar-refractivity contribution is -0.127. The third kappa shape index (κ3) is 2.26. The second-order valence-corrected chi connectivity index (χ2v) is 4.61. The number of anilines is 1. The van der Waals surface area contributed by atoms with Crippen LogP contribution < -0.4 is 11.1 Å². The van der Waals surface area contributed by atoms with Gasteiger partial charge in [-0.1, -0.05) is 11.6 Å². The van der Waals surface area contributed by atoms with Gasteiger partial charge in [0.2, 0.25) is 5.91 Å². The van der Waals surface area contributed by atoms with Crippen LogP contribution in [0.25, 0.3) is 0 Å². The maximum absolute atomic E-state index is 12.3. The Morgan fingerprint density at radius 2 is 2.28 bits per heavy atom.